The Bertz CT molecular complexity index is 366. The van der Waals surface area contributed by atoms with E-state index < -0.39 is 5.60 Å². The summed E-state index contributed by atoms with van der Waals surface area (Å²) in [5.74, 6) is 5.02. The van der Waals surface area contributed by atoms with Gasteiger partial charge >= 0.3 is 0 Å². The van der Waals surface area contributed by atoms with Crippen LogP contribution in [0.5, 0.6) is 0 Å². The van der Waals surface area contributed by atoms with Crippen LogP contribution in [0.15, 0.2) is 30.3 Å². The van der Waals surface area contributed by atoms with Gasteiger partial charge in [-0.05, 0) is 12.5 Å². The highest BCUT2D eigenvalue weighted by Gasteiger charge is 2.23. The molecule has 1 aromatic carbocycles. The zero-order valence-electron chi connectivity index (χ0n) is 8.16. The van der Waals surface area contributed by atoms with E-state index in [-0.39, 0.29) is 6.61 Å². The maximum Gasteiger partial charge on any atom is 0.152 e. The summed E-state index contributed by atoms with van der Waals surface area (Å²) in [5, 5.41) is 0. The third-order valence-corrected chi connectivity index (χ3v) is 2.04. The van der Waals surface area contributed by atoms with Crippen molar-refractivity contribution in [3.05, 3.63) is 35.9 Å². The van der Waals surface area contributed by atoms with Crippen LogP contribution in [0, 0.1) is 24.7 Å². The smallest absolute Gasteiger partial charge is 0.152 e. The van der Waals surface area contributed by atoms with Crippen molar-refractivity contribution in [3.8, 4) is 24.7 Å². The van der Waals surface area contributed by atoms with Gasteiger partial charge in [-0.2, -0.15) is 0 Å². The standard InChI is InChI=1S/C13H12O/c1-4-11-14-13(3,5-2)12-9-7-6-8-10-12/h1-2,6-10H,11H2,3H3. The van der Waals surface area contributed by atoms with Crippen LogP contribution < -0.4 is 0 Å². The minimum atomic E-state index is -0.729. The van der Waals surface area contributed by atoms with Gasteiger partial charge in [-0.25, -0.2) is 0 Å². The van der Waals surface area contributed by atoms with Gasteiger partial charge in [0.1, 0.15) is 6.61 Å². The highest BCUT2D eigenvalue weighted by atomic mass is 16.5. The van der Waals surface area contributed by atoms with Gasteiger partial charge in [0.15, 0.2) is 5.60 Å². The maximum atomic E-state index is 5.44. The minimum Gasteiger partial charge on any atom is -0.346 e. The summed E-state index contributed by atoms with van der Waals surface area (Å²) in [6.07, 6.45) is 10.6. The molecule has 70 valence electrons. The first-order valence-electron chi connectivity index (χ1n) is 4.33. The Morgan fingerprint density at radius 2 is 1.93 bits per heavy atom. The van der Waals surface area contributed by atoms with E-state index in [0.29, 0.717) is 0 Å². The molecule has 0 aromatic heterocycles. The molecule has 0 fully saturated rings. The molecule has 1 nitrogen and oxygen atoms in total. The van der Waals surface area contributed by atoms with Gasteiger partial charge in [0.2, 0.25) is 0 Å². The second-order valence-electron chi connectivity index (χ2n) is 3.04. The average molecular weight is 184 g/mol. The van der Waals surface area contributed by atoms with Gasteiger partial charge in [-0.3, -0.25) is 0 Å². The normalized spacial score (nSPS) is 13.6. The molecule has 0 bridgehead atoms. The zero-order valence-corrected chi connectivity index (χ0v) is 8.16. The fraction of sp³-hybridized carbons (Fsp3) is 0.231. The van der Waals surface area contributed by atoms with Crippen LogP contribution in [0.4, 0.5) is 0 Å². The molecule has 0 radical (unpaired) electrons. The van der Waals surface area contributed by atoms with E-state index in [1.54, 1.807) is 0 Å². The van der Waals surface area contributed by atoms with Crippen LogP contribution in [0.25, 0.3) is 0 Å². The zero-order chi connectivity index (χ0) is 10.4. The molecular formula is C13H12O. The summed E-state index contributed by atoms with van der Waals surface area (Å²) >= 11 is 0. The number of hydrogen-bond donors (Lipinski definition) is 0. The minimum absolute atomic E-state index is 0.218. The Hall–Kier alpha value is -1.70. The van der Waals surface area contributed by atoms with Crippen molar-refractivity contribution in [1.82, 2.24) is 0 Å². The quantitative estimate of drug-likeness (QED) is 0.654. The molecule has 0 heterocycles. The van der Waals surface area contributed by atoms with Crippen LogP contribution >= 0.6 is 0 Å². The molecule has 0 spiro atoms. The Morgan fingerprint density at radius 3 is 2.43 bits per heavy atom. The van der Waals surface area contributed by atoms with E-state index >= 15 is 0 Å². The molecule has 0 aliphatic heterocycles. The van der Waals surface area contributed by atoms with Gasteiger partial charge in [-0.15, -0.1) is 12.8 Å². The van der Waals surface area contributed by atoms with Crippen molar-refractivity contribution in [2.24, 2.45) is 0 Å². The number of ether oxygens (including phenoxy) is 1. The Morgan fingerprint density at radius 1 is 1.29 bits per heavy atom. The highest BCUT2D eigenvalue weighted by Crippen LogP contribution is 2.23. The predicted octanol–water partition coefficient (Wildman–Crippen LogP) is 2.18. The highest BCUT2D eigenvalue weighted by molar-refractivity contribution is 5.29. The van der Waals surface area contributed by atoms with Crippen molar-refractivity contribution in [2.45, 2.75) is 12.5 Å². The van der Waals surface area contributed by atoms with Crippen molar-refractivity contribution in [1.29, 1.82) is 0 Å². The summed E-state index contributed by atoms with van der Waals surface area (Å²) in [5.41, 5.74) is 0.214. The molecule has 1 aromatic rings. The second-order valence-corrected chi connectivity index (χ2v) is 3.04. The first kappa shape index (κ1) is 10.4. The van der Waals surface area contributed by atoms with Crippen molar-refractivity contribution in [3.63, 3.8) is 0 Å². The number of rotatable bonds is 3. The van der Waals surface area contributed by atoms with E-state index in [9.17, 15) is 0 Å². The third-order valence-electron chi connectivity index (χ3n) is 2.04. The van der Waals surface area contributed by atoms with Crippen molar-refractivity contribution in [2.75, 3.05) is 6.61 Å². The van der Waals surface area contributed by atoms with Crippen LogP contribution in [0.2, 0.25) is 0 Å². The molecule has 0 saturated carbocycles. The van der Waals surface area contributed by atoms with E-state index in [1.807, 2.05) is 37.3 Å². The lowest BCUT2D eigenvalue weighted by atomic mass is 9.97. The average Bonchev–Trinajstić information content (AvgIpc) is 2.27. The number of hydrogen-bond acceptors (Lipinski definition) is 1. The molecule has 0 aliphatic carbocycles. The summed E-state index contributed by atoms with van der Waals surface area (Å²) in [6, 6.07) is 9.63. The fourth-order valence-electron chi connectivity index (χ4n) is 1.15. The lowest BCUT2D eigenvalue weighted by Crippen LogP contribution is -2.23. The summed E-state index contributed by atoms with van der Waals surface area (Å²) in [7, 11) is 0. The number of benzene rings is 1. The van der Waals surface area contributed by atoms with E-state index in [0.717, 1.165) is 5.56 Å². The van der Waals surface area contributed by atoms with Gasteiger partial charge in [-0.1, -0.05) is 42.2 Å². The molecule has 0 N–H and O–H groups in total. The van der Waals surface area contributed by atoms with E-state index in [2.05, 4.69) is 11.8 Å². The van der Waals surface area contributed by atoms with Crippen LogP contribution in [-0.2, 0) is 10.3 Å². The van der Waals surface area contributed by atoms with Crippen LogP contribution in [0.3, 0.4) is 0 Å². The summed E-state index contributed by atoms with van der Waals surface area (Å²) in [4.78, 5) is 0. The first-order valence-corrected chi connectivity index (χ1v) is 4.33. The van der Waals surface area contributed by atoms with Gasteiger partial charge in [0, 0.05) is 0 Å². The van der Waals surface area contributed by atoms with E-state index in [4.69, 9.17) is 17.6 Å². The molecule has 0 saturated heterocycles. The Labute approximate surface area is 85.1 Å². The van der Waals surface area contributed by atoms with Crippen LogP contribution in [0.1, 0.15) is 12.5 Å². The SMILES string of the molecule is C#CCOC(C)(C#C)c1ccccc1. The number of terminal acetylenes is 2. The molecule has 1 atom stereocenters. The third kappa shape index (κ3) is 2.16. The predicted molar refractivity (Wildman–Crippen MR) is 57.4 cm³/mol. The van der Waals surface area contributed by atoms with E-state index in [1.165, 1.54) is 0 Å². The van der Waals surface area contributed by atoms with Gasteiger partial charge in [0.05, 0.1) is 0 Å². The second kappa shape index (κ2) is 4.51. The first-order chi connectivity index (χ1) is 6.73. The van der Waals surface area contributed by atoms with Crippen molar-refractivity contribution >= 4 is 0 Å². The topological polar surface area (TPSA) is 9.23 Å². The van der Waals surface area contributed by atoms with Gasteiger partial charge < -0.3 is 4.74 Å². The van der Waals surface area contributed by atoms with Crippen molar-refractivity contribution < 1.29 is 4.74 Å². The molecule has 0 amide bonds. The lowest BCUT2D eigenvalue weighted by molar-refractivity contribution is 0.0323. The molecule has 1 heteroatoms. The summed E-state index contributed by atoms with van der Waals surface area (Å²) in [6.45, 7) is 2.05. The molecule has 1 unspecified atom stereocenters. The largest absolute Gasteiger partial charge is 0.346 e. The lowest BCUT2D eigenvalue weighted by Gasteiger charge is -2.23. The molecular weight excluding hydrogens is 172 g/mol. The van der Waals surface area contributed by atoms with Gasteiger partial charge in [0.25, 0.3) is 0 Å². The molecule has 14 heavy (non-hydrogen) atoms. The summed E-state index contributed by atoms with van der Waals surface area (Å²) < 4.78 is 5.44. The fourth-order valence-corrected chi connectivity index (χ4v) is 1.15. The maximum absolute atomic E-state index is 5.44. The Kier molecular flexibility index (Phi) is 3.35. The molecule has 0 aliphatic rings. The monoisotopic (exact) mass is 184 g/mol. The molecule has 1 rings (SSSR count). The van der Waals surface area contributed by atoms with Crippen LogP contribution in [-0.4, -0.2) is 6.61 Å². The Balaban J connectivity index is 2.93.